The number of aryl methyl sites for hydroxylation is 1. The number of carbonyl (C=O) groups excluding carboxylic acids is 2. The summed E-state index contributed by atoms with van der Waals surface area (Å²) in [4.78, 5) is 34.3. The van der Waals surface area contributed by atoms with Crippen molar-refractivity contribution in [2.75, 3.05) is 46.0 Å². The summed E-state index contributed by atoms with van der Waals surface area (Å²) in [6.07, 6.45) is 5.49. The van der Waals surface area contributed by atoms with E-state index < -0.39 is 5.41 Å². The van der Waals surface area contributed by atoms with Gasteiger partial charge in [-0.05, 0) is 38.0 Å². The van der Waals surface area contributed by atoms with Crippen molar-refractivity contribution in [3.63, 3.8) is 0 Å². The Morgan fingerprint density at radius 2 is 2.00 bits per heavy atom. The molecule has 8 nitrogen and oxygen atoms in total. The van der Waals surface area contributed by atoms with Crippen molar-refractivity contribution in [2.24, 2.45) is 5.41 Å². The van der Waals surface area contributed by atoms with Gasteiger partial charge >= 0.3 is 0 Å². The molecule has 2 aliphatic rings. The van der Waals surface area contributed by atoms with E-state index in [1.807, 2.05) is 39.6 Å². The van der Waals surface area contributed by atoms with Crippen LogP contribution in [0.3, 0.4) is 0 Å². The zero-order chi connectivity index (χ0) is 23.3. The first-order valence-electron chi connectivity index (χ1n) is 11.4. The van der Waals surface area contributed by atoms with Crippen LogP contribution >= 0.6 is 11.6 Å². The number of carbonyl (C=O) groups is 2. The van der Waals surface area contributed by atoms with Crippen LogP contribution in [-0.4, -0.2) is 77.2 Å². The van der Waals surface area contributed by atoms with E-state index in [1.54, 1.807) is 18.3 Å². The molecule has 0 radical (unpaired) electrons. The van der Waals surface area contributed by atoms with E-state index in [-0.39, 0.29) is 18.4 Å². The summed E-state index contributed by atoms with van der Waals surface area (Å²) in [5.74, 6) is 1.59. The second-order valence-corrected chi connectivity index (χ2v) is 9.37. The average molecular weight is 475 g/mol. The lowest BCUT2D eigenvalue weighted by molar-refractivity contribution is -0.144. The molecule has 0 saturated carbocycles. The molecule has 9 heteroatoms. The topological polar surface area (TPSA) is 76.9 Å². The van der Waals surface area contributed by atoms with Gasteiger partial charge in [0.2, 0.25) is 11.8 Å². The number of ether oxygens (including phenoxy) is 2. The van der Waals surface area contributed by atoms with Gasteiger partial charge < -0.3 is 23.8 Å². The van der Waals surface area contributed by atoms with E-state index in [4.69, 9.17) is 21.1 Å². The first-order chi connectivity index (χ1) is 15.9. The highest BCUT2D eigenvalue weighted by Gasteiger charge is 2.41. The van der Waals surface area contributed by atoms with Crippen LogP contribution in [0.25, 0.3) is 0 Å². The Balaban J connectivity index is 1.49. The predicted molar refractivity (Wildman–Crippen MR) is 124 cm³/mol. The van der Waals surface area contributed by atoms with Crippen LogP contribution in [-0.2, 0) is 20.9 Å². The van der Waals surface area contributed by atoms with Crippen molar-refractivity contribution in [1.29, 1.82) is 0 Å². The monoisotopic (exact) mass is 474 g/mol. The Bertz CT molecular complexity index is 975. The Morgan fingerprint density at radius 1 is 1.18 bits per heavy atom. The number of aromatic nitrogens is 2. The van der Waals surface area contributed by atoms with Gasteiger partial charge in [0.05, 0.1) is 19.8 Å². The first-order valence-corrected chi connectivity index (χ1v) is 11.8. The molecule has 2 saturated heterocycles. The smallest absolute Gasteiger partial charge is 0.242 e. The van der Waals surface area contributed by atoms with Gasteiger partial charge in [-0.2, -0.15) is 0 Å². The third-order valence-electron chi connectivity index (χ3n) is 6.47. The Morgan fingerprint density at radius 3 is 2.73 bits per heavy atom. The van der Waals surface area contributed by atoms with Crippen molar-refractivity contribution >= 4 is 23.4 Å². The molecule has 0 bridgehead atoms. The Hall–Kier alpha value is -2.58. The van der Waals surface area contributed by atoms with Crippen molar-refractivity contribution in [3.8, 4) is 5.75 Å². The van der Waals surface area contributed by atoms with Gasteiger partial charge in [-0.1, -0.05) is 17.7 Å². The molecule has 1 aromatic heterocycles. The van der Waals surface area contributed by atoms with Gasteiger partial charge in [0.15, 0.2) is 0 Å². The van der Waals surface area contributed by atoms with Gasteiger partial charge in [0.1, 0.15) is 18.1 Å². The molecule has 2 fully saturated rings. The van der Waals surface area contributed by atoms with Crippen LogP contribution in [0, 0.1) is 12.3 Å². The van der Waals surface area contributed by atoms with Gasteiger partial charge in [-0.15, -0.1) is 0 Å². The minimum atomic E-state index is -0.463. The summed E-state index contributed by atoms with van der Waals surface area (Å²) >= 11 is 6.12. The van der Waals surface area contributed by atoms with Gasteiger partial charge in [0.25, 0.3) is 0 Å². The average Bonchev–Trinajstić information content (AvgIpc) is 3.23. The van der Waals surface area contributed by atoms with Crippen molar-refractivity contribution in [2.45, 2.75) is 32.7 Å². The zero-order valence-corrected chi connectivity index (χ0v) is 19.8. The highest BCUT2D eigenvalue weighted by molar-refractivity contribution is 6.30. The summed E-state index contributed by atoms with van der Waals surface area (Å²) < 4.78 is 13.4. The molecular weight excluding hydrogens is 444 g/mol. The fraction of sp³-hybridized carbons (Fsp3) is 0.542. The fourth-order valence-corrected chi connectivity index (χ4v) is 4.77. The van der Waals surface area contributed by atoms with E-state index >= 15 is 0 Å². The van der Waals surface area contributed by atoms with Gasteiger partial charge in [-0.3, -0.25) is 9.59 Å². The number of likely N-dealkylation sites (tertiary alicyclic amines) is 1. The molecule has 178 valence electrons. The van der Waals surface area contributed by atoms with E-state index in [0.717, 1.165) is 18.7 Å². The van der Waals surface area contributed by atoms with E-state index in [0.29, 0.717) is 63.2 Å². The van der Waals surface area contributed by atoms with E-state index in [2.05, 4.69) is 4.98 Å². The number of nitrogens with zero attached hydrogens (tertiary/aromatic N) is 4. The lowest BCUT2D eigenvalue weighted by Crippen LogP contribution is -2.52. The SMILES string of the molecule is Cc1nccn1CC(=O)N1CCC[C@](COc2cccc(Cl)c2)(CC(=O)N2CCOCC2)C1. The maximum absolute atomic E-state index is 13.2. The van der Waals surface area contributed by atoms with Gasteiger partial charge in [-0.25, -0.2) is 4.98 Å². The second kappa shape index (κ2) is 10.6. The molecule has 0 aliphatic carbocycles. The molecule has 1 aromatic carbocycles. The molecule has 33 heavy (non-hydrogen) atoms. The Kier molecular flexibility index (Phi) is 7.55. The minimum absolute atomic E-state index is 0.0294. The summed E-state index contributed by atoms with van der Waals surface area (Å²) in [6, 6.07) is 7.27. The lowest BCUT2D eigenvalue weighted by atomic mass is 9.77. The first kappa shape index (κ1) is 23.6. The predicted octanol–water partition coefficient (Wildman–Crippen LogP) is 2.78. The molecular formula is C24H31ClN4O4. The molecule has 4 rings (SSSR count). The van der Waals surface area contributed by atoms with E-state index in [1.165, 1.54) is 0 Å². The maximum atomic E-state index is 13.2. The standard InChI is InChI=1S/C24H31ClN4O4/c1-19-26-7-9-28(19)16-23(31)29-8-3-6-24(17-29,15-22(30)27-10-12-32-13-11-27)18-33-21-5-2-4-20(25)14-21/h2,4-5,7,9,14H,3,6,8,10-13,15-18H2,1H3/t24-/m0/s1. The van der Waals surface area contributed by atoms with Gasteiger partial charge in [0, 0.05) is 55.4 Å². The largest absolute Gasteiger partial charge is 0.493 e. The third kappa shape index (κ3) is 6.06. The highest BCUT2D eigenvalue weighted by Crippen LogP contribution is 2.36. The van der Waals surface area contributed by atoms with Crippen molar-refractivity contribution in [3.05, 3.63) is 47.5 Å². The zero-order valence-electron chi connectivity index (χ0n) is 19.0. The third-order valence-corrected chi connectivity index (χ3v) is 6.71. The number of benzene rings is 1. The summed E-state index contributed by atoms with van der Waals surface area (Å²) in [6.45, 7) is 5.96. The minimum Gasteiger partial charge on any atom is -0.493 e. The van der Waals surface area contributed by atoms with Crippen molar-refractivity contribution < 1.29 is 19.1 Å². The van der Waals surface area contributed by atoms with Crippen molar-refractivity contribution in [1.82, 2.24) is 19.4 Å². The van der Waals surface area contributed by atoms with Crippen LogP contribution in [0.5, 0.6) is 5.75 Å². The summed E-state index contributed by atoms with van der Waals surface area (Å²) in [5, 5.41) is 0.599. The quantitative estimate of drug-likeness (QED) is 0.616. The number of piperidine rings is 1. The number of halogens is 1. The fourth-order valence-electron chi connectivity index (χ4n) is 4.59. The maximum Gasteiger partial charge on any atom is 0.242 e. The molecule has 3 heterocycles. The molecule has 0 unspecified atom stereocenters. The second-order valence-electron chi connectivity index (χ2n) is 8.94. The number of rotatable bonds is 7. The molecule has 0 N–H and O–H groups in total. The van der Waals surface area contributed by atoms with Crippen LogP contribution in [0.15, 0.2) is 36.7 Å². The molecule has 1 atom stereocenters. The molecule has 2 aromatic rings. The normalized spacial score (nSPS) is 21.2. The number of amides is 2. The van der Waals surface area contributed by atoms with Crippen LogP contribution in [0.2, 0.25) is 5.02 Å². The molecule has 0 spiro atoms. The van der Waals surface area contributed by atoms with Crippen LogP contribution in [0.1, 0.15) is 25.1 Å². The lowest BCUT2D eigenvalue weighted by Gasteiger charge is -2.43. The van der Waals surface area contributed by atoms with Crippen LogP contribution < -0.4 is 4.74 Å². The summed E-state index contributed by atoms with van der Waals surface area (Å²) in [7, 11) is 0. The highest BCUT2D eigenvalue weighted by atomic mass is 35.5. The molecule has 2 amide bonds. The number of hydrogen-bond donors (Lipinski definition) is 0. The van der Waals surface area contributed by atoms with Crippen LogP contribution in [0.4, 0.5) is 0 Å². The Labute approximate surface area is 199 Å². The van der Waals surface area contributed by atoms with E-state index in [9.17, 15) is 9.59 Å². The number of imidazole rings is 1. The number of morpholine rings is 1. The molecule has 2 aliphatic heterocycles. The number of hydrogen-bond acceptors (Lipinski definition) is 5. The summed E-state index contributed by atoms with van der Waals surface area (Å²) in [5.41, 5.74) is -0.463.